The van der Waals surface area contributed by atoms with Crippen LogP contribution < -0.4 is 5.32 Å². The fraction of sp³-hybridized carbons (Fsp3) is 0.263. The van der Waals surface area contributed by atoms with Crippen LogP contribution in [0.2, 0.25) is 0 Å². The number of hydrogen-bond acceptors (Lipinski definition) is 3. The van der Waals surface area contributed by atoms with Crippen LogP contribution in [0.15, 0.2) is 48.5 Å². The van der Waals surface area contributed by atoms with Crippen LogP contribution in [0.4, 0.5) is 4.39 Å². The van der Waals surface area contributed by atoms with Crippen LogP contribution in [-0.2, 0) is 0 Å². The van der Waals surface area contributed by atoms with Gasteiger partial charge < -0.3 is 10.2 Å². The van der Waals surface area contributed by atoms with Crippen molar-refractivity contribution in [3.8, 4) is 0 Å². The smallest absolute Gasteiger partial charge is 0.252 e. The van der Waals surface area contributed by atoms with Gasteiger partial charge in [-0.05, 0) is 57.4 Å². The standard InChI is InChI=1S/C19H21FN2O2/c1-22(2)13-5-12-21-19(24)17-7-4-3-6-16(17)18(23)14-8-10-15(20)11-9-14/h3-4,6-11H,5,12-13H2,1-2H3,(H,21,24). The summed E-state index contributed by atoms with van der Waals surface area (Å²) in [6.07, 6.45) is 0.826. The van der Waals surface area contributed by atoms with Gasteiger partial charge in [-0.25, -0.2) is 4.39 Å². The molecule has 2 aromatic rings. The van der Waals surface area contributed by atoms with Gasteiger partial charge in [-0.2, -0.15) is 0 Å². The van der Waals surface area contributed by atoms with Gasteiger partial charge in [0.2, 0.25) is 0 Å². The highest BCUT2D eigenvalue weighted by atomic mass is 19.1. The van der Waals surface area contributed by atoms with Gasteiger partial charge in [0.15, 0.2) is 5.78 Å². The Kier molecular flexibility index (Phi) is 6.21. The molecule has 4 nitrogen and oxygen atoms in total. The lowest BCUT2D eigenvalue weighted by Gasteiger charge is -2.11. The van der Waals surface area contributed by atoms with Crippen molar-refractivity contribution in [2.45, 2.75) is 6.42 Å². The third kappa shape index (κ3) is 4.73. The highest BCUT2D eigenvalue weighted by Crippen LogP contribution is 2.15. The molecular weight excluding hydrogens is 307 g/mol. The number of hydrogen-bond donors (Lipinski definition) is 1. The van der Waals surface area contributed by atoms with E-state index in [9.17, 15) is 14.0 Å². The van der Waals surface area contributed by atoms with Gasteiger partial charge in [-0.3, -0.25) is 9.59 Å². The molecule has 0 fully saturated rings. The largest absolute Gasteiger partial charge is 0.352 e. The number of nitrogens with one attached hydrogen (secondary N) is 1. The van der Waals surface area contributed by atoms with Gasteiger partial charge in [-0.1, -0.05) is 18.2 Å². The maximum atomic E-state index is 13.0. The average Bonchev–Trinajstić information content (AvgIpc) is 2.58. The maximum Gasteiger partial charge on any atom is 0.252 e. The first-order chi connectivity index (χ1) is 11.5. The zero-order chi connectivity index (χ0) is 17.5. The Labute approximate surface area is 141 Å². The molecule has 24 heavy (non-hydrogen) atoms. The SMILES string of the molecule is CN(C)CCCNC(=O)c1ccccc1C(=O)c1ccc(F)cc1. The van der Waals surface area contributed by atoms with E-state index in [1.165, 1.54) is 24.3 Å². The van der Waals surface area contributed by atoms with Crippen molar-refractivity contribution in [3.05, 3.63) is 71.0 Å². The van der Waals surface area contributed by atoms with Crippen molar-refractivity contribution in [2.24, 2.45) is 0 Å². The van der Waals surface area contributed by atoms with Gasteiger partial charge in [0.25, 0.3) is 5.91 Å². The molecule has 2 aromatic carbocycles. The first-order valence-corrected chi connectivity index (χ1v) is 7.81. The second-order valence-corrected chi connectivity index (χ2v) is 5.79. The molecule has 1 amide bonds. The fourth-order valence-electron chi connectivity index (χ4n) is 2.33. The van der Waals surface area contributed by atoms with E-state index in [0.29, 0.717) is 23.2 Å². The second-order valence-electron chi connectivity index (χ2n) is 5.79. The van der Waals surface area contributed by atoms with Crippen LogP contribution in [0.1, 0.15) is 32.7 Å². The van der Waals surface area contributed by atoms with Crippen LogP contribution in [0.25, 0.3) is 0 Å². The summed E-state index contributed by atoms with van der Waals surface area (Å²) >= 11 is 0. The molecule has 0 saturated heterocycles. The molecule has 0 radical (unpaired) electrons. The molecule has 0 saturated carbocycles. The van der Waals surface area contributed by atoms with Gasteiger partial charge in [0, 0.05) is 17.7 Å². The minimum absolute atomic E-state index is 0.278. The highest BCUT2D eigenvalue weighted by Gasteiger charge is 2.17. The number of benzene rings is 2. The molecule has 0 bridgehead atoms. The van der Waals surface area contributed by atoms with E-state index in [-0.39, 0.29) is 11.7 Å². The zero-order valence-corrected chi connectivity index (χ0v) is 13.9. The van der Waals surface area contributed by atoms with Gasteiger partial charge in [-0.15, -0.1) is 0 Å². The lowest BCUT2D eigenvalue weighted by Crippen LogP contribution is -2.28. The number of nitrogens with zero attached hydrogens (tertiary/aromatic N) is 1. The van der Waals surface area contributed by atoms with Crippen LogP contribution in [-0.4, -0.2) is 43.8 Å². The summed E-state index contributed by atoms with van der Waals surface area (Å²) in [7, 11) is 3.94. The van der Waals surface area contributed by atoms with Crippen LogP contribution in [0.5, 0.6) is 0 Å². The summed E-state index contributed by atoms with van der Waals surface area (Å²) in [5.74, 6) is -0.979. The van der Waals surface area contributed by atoms with Crippen molar-refractivity contribution in [2.75, 3.05) is 27.2 Å². The second kappa shape index (κ2) is 8.36. The summed E-state index contributed by atoms with van der Waals surface area (Å²) in [6, 6.07) is 12.0. The number of carbonyl (C=O) groups excluding carboxylic acids is 2. The lowest BCUT2D eigenvalue weighted by atomic mass is 9.98. The molecule has 2 rings (SSSR count). The number of amides is 1. The molecule has 0 unspecified atom stereocenters. The molecule has 0 aliphatic carbocycles. The normalized spacial score (nSPS) is 10.7. The monoisotopic (exact) mass is 328 g/mol. The average molecular weight is 328 g/mol. The van der Waals surface area contributed by atoms with Crippen molar-refractivity contribution in [3.63, 3.8) is 0 Å². The van der Waals surface area contributed by atoms with Crippen molar-refractivity contribution >= 4 is 11.7 Å². The van der Waals surface area contributed by atoms with Crippen LogP contribution in [0, 0.1) is 5.82 Å². The number of carbonyl (C=O) groups is 2. The summed E-state index contributed by atoms with van der Waals surface area (Å²) in [6.45, 7) is 1.41. The molecule has 0 heterocycles. The summed E-state index contributed by atoms with van der Waals surface area (Å²) in [5.41, 5.74) is 0.996. The Morgan fingerprint density at radius 1 is 1.00 bits per heavy atom. The van der Waals surface area contributed by atoms with E-state index in [4.69, 9.17) is 0 Å². The van der Waals surface area contributed by atoms with Gasteiger partial charge in [0.1, 0.15) is 5.82 Å². The van der Waals surface area contributed by atoms with Crippen molar-refractivity contribution in [1.82, 2.24) is 10.2 Å². The molecule has 1 N–H and O–H groups in total. The first-order valence-electron chi connectivity index (χ1n) is 7.81. The minimum atomic E-state index is -0.404. The molecule has 126 valence electrons. The van der Waals surface area contributed by atoms with Crippen molar-refractivity contribution in [1.29, 1.82) is 0 Å². The summed E-state index contributed by atoms with van der Waals surface area (Å²) in [5, 5.41) is 2.83. The maximum absolute atomic E-state index is 13.0. The Hall–Kier alpha value is -2.53. The quantitative estimate of drug-likeness (QED) is 0.628. The third-order valence-corrected chi connectivity index (χ3v) is 3.59. The number of rotatable bonds is 7. The van der Waals surface area contributed by atoms with E-state index >= 15 is 0 Å². The van der Waals surface area contributed by atoms with E-state index in [1.54, 1.807) is 24.3 Å². The molecule has 0 aromatic heterocycles. The lowest BCUT2D eigenvalue weighted by molar-refractivity contribution is 0.0941. The molecule has 0 atom stereocenters. The minimum Gasteiger partial charge on any atom is -0.352 e. The topological polar surface area (TPSA) is 49.4 Å². The number of halogens is 1. The van der Waals surface area contributed by atoms with Crippen LogP contribution >= 0.6 is 0 Å². The Morgan fingerprint density at radius 2 is 1.62 bits per heavy atom. The third-order valence-electron chi connectivity index (χ3n) is 3.59. The fourth-order valence-corrected chi connectivity index (χ4v) is 2.33. The summed E-state index contributed by atoms with van der Waals surface area (Å²) < 4.78 is 13.0. The van der Waals surface area contributed by atoms with Gasteiger partial charge in [0.05, 0.1) is 5.56 Å². The Morgan fingerprint density at radius 3 is 2.25 bits per heavy atom. The van der Waals surface area contributed by atoms with E-state index in [2.05, 4.69) is 5.32 Å². The number of ketones is 1. The first kappa shape index (κ1) is 17.8. The van der Waals surface area contributed by atoms with E-state index in [0.717, 1.165) is 13.0 Å². The predicted octanol–water partition coefficient (Wildman–Crippen LogP) is 2.74. The molecule has 0 aliphatic rings. The Balaban J connectivity index is 2.13. The van der Waals surface area contributed by atoms with E-state index in [1.807, 2.05) is 19.0 Å². The zero-order valence-electron chi connectivity index (χ0n) is 13.9. The molecular formula is C19H21FN2O2. The highest BCUT2D eigenvalue weighted by molar-refractivity contribution is 6.15. The Bertz CT molecular complexity index is 712. The predicted molar refractivity (Wildman–Crippen MR) is 91.8 cm³/mol. The molecule has 0 aliphatic heterocycles. The van der Waals surface area contributed by atoms with Gasteiger partial charge >= 0.3 is 0 Å². The summed E-state index contributed by atoms with van der Waals surface area (Å²) in [4.78, 5) is 27.0. The van der Waals surface area contributed by atoms with Crippen LogP contribution in [0.3, 0.4) is 0 Å². The van der Waals surface area contributed by atoms with Crippen molar-refractivity contribution < 1.29 is 14.0 Å². The van der Waals surface area contributed by atoms with E-state index < -0.39 is 5.82 Å². The molecule has 5 heteroatoms. The molecule has 0 spiro atoms.